The number of benzene rings is 1. The molecule has 3 amide bonds. The van der Waals surface area contributed by atoms with Gasteiger partial charge in [-0.1, -0.05) is 53.5 Å². The molecular formula is C16H13Cl2N3O4. The Labute approximate surface area is 153 Å². The number of urea groups is 1. The third kappa shape index (κ3) is 4.91. The predicted molar refractivity (Wildman–Crippen MR) is 91.5 cm³/mol. The Kier molecular flexibility index (Phi) is 6.32. The highest BCUT2D eigenvalue weighted by molar-refractivity contribution is 6.34. The maximum Gasteiger partial charge on any atom is 0.359 e. The van der Waals surface area contributed by atoms with E-state index in [1.807, 2.05) is 0 Å². The van der Waals surface area contributed by atoms with Crippen LogP contribution in [0.2, 0.25) is 10.2 Å². The number of hydrogen-bond donors (Lipinski definition) is 2. The van der Waals surface area contributed by atoms with E-state index in [9.17, 15) is 14.4 Å². The van der Waals surface area contributed by atoms with Crippen LogP contribution in [0.15, 0.2) is 42.5 Å². The number of halogens is 2. The monoisotopic (exact) mass is 381 g/mol. The normalized spacial score (nSPS) is 11.3. The summed E-state index contributed by atoms with van der Waals surface area (Å²) in [5.74, 6) is -1.77. The highest BCUT2D eigenvalue weighted by Crippen LogP contribution is 2.23. The Bertz CT molecular complexity index is 799. The van der Waals surface area contributed by atoms with Crippen molar-refractivity contribution in [1.82, 2.24) is 15.6 Å². The summed E-state index contributed by atoms with van der Waals surface area (Å²) in [6.07, 6.45) is -1.37. The van der Waals surface area contributed by atoms with Gasteiger partial charge in [-0.15, -0.1) is 0 Å². The van der Waals surface area contributed by atoms with Crippen LogP contribution in [0.3, 0.4) is 0 Å². The molecule has 0 aliphatic rings. The van der Waals surface area contributed by atoms with Crippen molar-refractivity contribution in [3.63, 3.8) is 0 Å². The molecule has 0 saturated heterocycles. The van der Waals surface area contributed by atoms with Crippen molar-refractivity contribution in [3.05, 3.63) is 63.9 Å². The van der Waals surface area contributed by atoms with Gasteiger partial charge in [0.05, 0.1) is 5.02 Å². The van der Waals surface area contributed by atoms with Crippen LogP contribution in [0, 0.1) is 0 Å². The molecule has 1 heterocycles. The molecular weight excluding hydrogens is 369 g/mol. The Morgan fingerprint density at radius 1 is 1.08 bits per heavy atom. The molecule has 2 rings (SSSR count). The van der Waals surface area contributed by atoms with Gasteiger partial charge in [-0.2, -0.15) is 0 Å². The third-order valence-corrected chi connectivity index (χ3v) is 3.55. The van der Waals surface area contributed by atoms with Gasteiger partial charge in [-0.25, -0.2) is 14.6 Å². The van der Waals surface area contributed by atoms with Crippen LogP contribution in [0.5, 0.6) is 0 Å². The summed E-state index contributed by atoms with van der Waals surface area (Å²) >= 11 is 11.7. The zero-order valence-corrected chi connectivity index (χ0v) is 14.5. The number of pyridine rings is 1. The molecule has 0 bridgehead atoms. The molecule has 25 heavy (non-hydrogen) atoms. The number of esters is 1. The molecule has 0 aliphatic carbocycles. The molecule has 7 nitrogen and oxygen atoms in total. The molecule has 9 heteroatoms. The number of nitrogens with one attached hydrogen (secondary N) is 2. The van der Waals surface area contributed by atoms with E-state index < -0.39 is 24.0 Å². The van der Waals surface area contributed by atoms with Crippen LogP contribution < -0.4 is 10.6 Å². The van der Waals surface area contributed by atoms with Crippen LogP contribution in [0.4, 0.5) is 4.79 Å². The number of imide groups is 1. The quantitative estimate of drug-likeness (QED) is 0.626. The average Bonchev–Trinajstić information content (AvgIpc) is 2.61. The zero-order valence-electron chi connectivity index (χ0n) is 13.0. The summed E-state index contributed by atoms with van der Waals surface area (Å²) in [7, 11) is 1.35. The lowest BCUT2D eigenvalue weighted by molar-refractivity contribution is -0.129. The fraction of sp³-hybridized carbons (Fsp3) is 0.125. The van der Waals surface area contributed by atoms with E-state index in [1.165, 1.54) is 19.2 Å². The smallest absolute Gasteiger partial charge is 0.359 e. The standard InChI is InChI=1S/C16H13Cl2N3O4/c1-19-16(24)21-14(22)13(9-5-3-2-4-6-9)25-15(23)12-10(17)7-8-11(18)20-12/h2-8,13H,1H3,(H2,19,21,22,24)/t13-/m1/s1. The molecule has 0 spiro atoms. The second-order valence-corrected chi connectivity index (χ2v) is 5.52. The van der Waals surface area contributed by atoms with Gasteiger partial charge in [0.25, 0.3) is 5.91 Å². The Hall–Kier alpha value is -2.64. The first-order valence-electron chi connectivity index (χ1n) is 7.03. The average molecular weight is 382 g/mol. The van der Waals surface area contributed by atoms with Crippen molar-refractivity contribution in [2.75, 3.05) is 7.05 Å². The van der Waals surface area contributed by atoms with Gasteiger partial charge in [0, 0.05) is 12.6 Å². The molecule has 1 atom stereocenters. The van der Waals surface area contributed by atoms with E-state index in [-0.39, 0.29) is 15.9 Å². The first kappa shape index (κ1) is 18.7. The van der Waals surface area contributed by atoms with Gasteiger partial charge in [-0.05, 0) is 12.1 Å². The summed E-state index contributed by atoms with van der Waals surface area (Å²) in [5, 5.41) is 4.37. The molecule has 1 aromatic carbocycles. The second kappa shape index (κ2) is 8.46. The second-order valence-electron chi connectivity index (χ2n) is 4.73. The van der Waals surface area contributed by atoms with Crippen molar-refractivity contribution >= 4 is 41.1 Å². The van der Waals surface area contributed by atoms with Crippen LogP contribution in [-0.2, 0) is 9.53 Å². The van der Waals surface area contributed by atoms with E-state index in [2.05, 4.69) is 15.6 Å². The highest BCUT2D eigenvalue weighted by Gasteiger charge is 2.28. The highest BCUT2D eigenvalue weighted by atomic mass is 35.5. The number of carbonyl (C=O) groups is 3. The summed E-state index contributed by atoms with van der Waals surface area (Å²) in [6, 6.07) is 10.3. The topological polar surface area (TPSA) is 97.4 Å². The molecule has 0 aliphatic heterocycles. The third-order valence-electron chi connectivity index (χ3n) is 3.03. The molecule has 0 fully saturated rings. The molecule has 130 valence electrons. The summed E-state index contributed by atoms with van der Waals surface area (Å²) in [5.41, 5.74) is 0.137. The Balaban J connectivity index is 2.29. The summed E-state index contributed by atoms with van der Waals surface area (Å²) < 4.78 is 5.23. The number of hydrogen-bond acceptors (Lipinski definition) is 5. The molecule has 0 saturated carbocycles. The van der Waals surface area contributed by atoms with E-state index in [4.69, 9.17) is 27.9 Å². The van der Waals surface area contributed by atoms with Crippen molar-refractivity contribution < 1.29 is 19.1 Å². The van der Waals surface area contributed by atoms with Gasteiger partial charge < -0.3 is 10.1 Å². The summed E-state index contributed by atoms with van der Waals surface area (Å²) in [6.45, 7) is 0. The number of carbonyl (C=O) groups excluding carboxylic acids is 3. The minimum Gasteiger partial charge on any atom is -0.442 e. The van der Waals surface area contributed by atoms with Gasteiger partial charge in [0.15, 0.2) is 5.69 Å². The van der Waals surface area contributed by atoms with Gasteiger partial charge in [-0.3, -0.25) is 10.1 Å². The van der Waals surface area contributed by atoms with Crippen molar-refractivity contribution in [2.45, 2.75) is 6.10 Å². The first-order chi connectivity index (χ1) is 11.9. The van der Waals surface area contributed by atoms with Crippen LogP contribution in [0.25, 0.3) is 0 Å². The SMILES string of the molecule is CNC(=O)NC(=O)[C@H](OC(=O)c1nc(Cl)ccc1Cl)c1ccccc1. The molecule has 2 aromatic rings. The fourth-order valence-electron chi connectivity index (χ4n) is 1.87. The number of ether oxygens (including phenoxy) is 1. The Morgan fingerprint density at radius 3 is 2.40 bits per heavy atom. The summed E-state index contributed by atoms with van der Waals surface area (Å²) in [4.78, 5) is 39.8. The van der Waals surface area contributed by atoms with Gasteiger partial charge in [0.2, 0.25) is 6.10 Å². The minimum atomic E-state index is -1.37. The van der Waals surface area contributed by atoms with E-state index >= 15 is 0 Å². The van der Waals surface area contributed by atoms with Crippen molar-refractivity contribution in [2.24, 2.45) is 0 Å². The predicted octanol–water partition coefficient (Wildman–Crippen LogP) is 2.74. The largest absolute Gasteiger partial charge is 0.442 e. The zero-order chi connectivity index (χ0) is 18.4. The maximum absolute atomic E-state index is 12.4. The van der Waals surface area contributed by atoms with E-state index in [0.717, 1.165) is 0 Å². The van der Waals surface area contributed by atoms with E-state index in [0.29, 0.717) is 5.56 Å². The fourth-order valence-corrected chi connectivity index (χ4v) is 2.19. The van der Waals surface area contributed by atoms with Crippen LogP contribution in [-0.4, -0.2) is 29.9 Å². The number of rotatable bonds is 4. The van der Waals surface area contributed by atoms with Gasteiger partial charge in [0.1, 0.15) is 5.15 Å². The van der Waals surface area contributed by atoms with Crippen molar-refractivity contribution in [3.8, 4) is 0 Å². The number of aromatic nitrogens is 1. The molecule has 0 unspecified atom stereocenters. The first-order valence-corrected chi connectivity index (χ1v) is 7.78. The number of nitrogens with zero attached hydrogens (tertiary/aromatic N) is 1. The van der Waals surface area contributed by atoms with Crippen LogP contribution >= 0.6 is 23.2 Å². The van der Waals surface area contributed by atoms with Crippen LogP contribution in [0.1, 0.15) is 22.2 Å². The maximum atomic E-state index is 12.4. The van der Waals surface area contributed by atoms with E-state index in [1.54, 1.807) is 30.3 Å². The Morgan fingerprint density at radius 2 is 1.76 bits per heavy atom. The minimum absolute atomic E-state index is 0.0212. The lowest BCUT2D eigenvalue weighted by Gasteiger charge is -2.17. The molecule has 0 radical (unpaired) electrons. The lowest BCUT2D eigenvalue weighted by Crippen LogP contribution is -2.41. The molecule has 2 N–H and O–H groups in total. The van der Waals surface area contributed by atoms with Crippen molar-refractivity contribution in [1.29, 1.82) is 0 Å². The lowest BCUT2D eigenvalue weighted by atomic mass is 10.1. The molecule has 1 aromatic heterocycles. The number of amides is 3. The van der Waals surface area contributed by atoms with Gasteiger partial charge >= 0.3 is 12.0 Å².